The first-order valence-corrected chi connectivity index (χ1v) is 10.2. The summed E-state index contributed by atoms with van der Waals surface area (Å²) >= 11 is 6.40. The summed E-state index contributed by atoms with van der Waals surface area (Å²) in [5.41, 5.74) is 1.67. The number of ether oxygens (including phenoxy) is 2. The summed E-state index contributed by atoms with van der Waals surface area (Å²) < 4.78 is 28.2. The highest BCUT2D eigenvalue weighted by Crippen LogP contribution is 2.43. The van der Waals surface area contributed by atoms with Crippen molar-refractivity contribution in [3.8, 4) is 17.0 Å². The van der Waals surface area contributed by atoms with Crippen LogP contribution in [0.4, 0.5) is 10.3 Å². The summed E-state index contributed by atoms with van der Waals surface area (Å²) in [7, 11) is 0. The molecule has 0 aliphatic carbocycles. The zero-order chi connectivity index (χ0) is 21.0. The second kappa shape index (κ2) is 7.33. The fourth-order valence-electron chi connectivity index (χ4n) is 4.14. The number of halogens is 2. The number of aliphatic hydroxyl groups is 1. The van der Waals surface area contributed by atoms with E-state index in [0.29, 0.717) is 48.1 Å². The summed E-state index contributed by atoms with van der Waals surface area (Å²) in [6.07, 6.45) is 1.41. The molecule has 0 bridgehead atoms. The Balaban J connectivity index is 1.62. The van der Waals surface area contributed by atoms with Gasteiger partial charge in [-0.2, -0.15) is 0 Å². The van der Waals surface area contributed by atoms with E-state index in [9.17, 15) is 9.50 Å². The summed E-state index contributed by atoms with van der Waals surface area (Å²) in [6.45, 7) is 5.07. The van der Waals surface area contributed by atoms with Gasteiger partial charge in [0.05, 0.1) is 41.7 Å². The van der Waals surface area contributed by atoms with E-state index in [1.807, 2.05) is 18.4 Å². The van der Waals surface area contributed by atoms with Crippen LogP contribution < -0.4 is 10.1 Å². The van der Waals surface area contributed by atoms with Crippen LogP contribution in [0.25, 0.3) is 22.3 Å². The van der Waals surface area contributed by atoms with Gasteiger partial charge in [-0.15, -0.1) is 0 Å². The Morgan fingerprint density at radius 3 is 2.97 bits per heavy atom. The molecule has 8 nitrogen and oxygen atoms in total. The standard InChI is InChI=1S/C20H21ClFN5O3/c1-9-7-30-19-11(5-13(22)17-18(19)27(9)10(2)24-17)16-12(21)6-23-20(26-16)25-14-3-4-29-8-15(14)28/h5-6,9,14-15,28H,3-4,7-8H2,1-2H3,(H,23,25,26)/t9-,14-,15-/m1/s1. The van der Waals surface area contributed by atoms with Gasteiger partial charge >= 0.3 is 0 Å². The Bertz CT molecular complexity index is 1140. The van der Waals surface area contributed by atoms with Crippen LogP contribution in [0.5, 0.6) is 5.75 Å². The SMILES string of the molecule is Cc1nc2c(F)cc(-c3nc(N[C@@H]4CCOC[C@H]4O)ncc3Cl)c3c2n1[C@H](C)CO3. The van der Waals surface area contributed by atoms with Crippen LogP contribution >= 0.6 is 11.6 Å². The lowest BCUT2D eigenvalue weighted by atomic mass is 10.1. The van der Waals surface area contributed by atoms with Gasteiger partial charge in [0.1, 0.15) is 23.5 Å². The summed E-state index contributed by atoms with van der Waals surface area (Å²) in [4.78, 5) is 13.1. The number of imidazole rings is 1. The molecule has 2 aliphatic heterocycles. The monoisotopic (exact) mass is 433 g/mol. The van der Waals surface area contributed by atoms with Crippen molar-refractivity contribution in [2.45, 2.75) is 38.5 Å². The minimum Gasteiger partial charge on any atom is -0.488 e. The van der Waals surface area contributed by atoms with Crippen molar-refractivity contribution in [2.75, 3.05) is 25.1 Å². The van der Waals surface area contributed by atoms with E-state index in [4.69, 9.17) is 21.1 Å². The molecule has 2 aromatic heterocycles. The molecule has 30 heavy (non-hydrogen) atoms. The van der Waals surface area contributed by atoms with E-state index in [-0.39, 0.29) is 29.2 Å². The number of nitrogens with zero attached hydrogens (tertiary/aromatic N) is 4. The predicted octanol–water partition coefficient (Wildman–Crippen LogP) is 3.11. The number of benzene rings is 1. The molecule has 0 spiro atoms. The topological polar surface area (TPSA) is 94.3 Å². The van der Waals surface area contributed by atoms with Gasteiger partial charge in [-0.1, -0.05) is 11.6 Å². The molecule has 4 heterocycles. The van der Waals surface area contributed by atoms with Gasteiger partial charge < -0.3 is 24.5 Å². The van der Waals surface area contributed by atoms with Gasteiger partial charge in [-0.25, -0.2) is 19.3 Å². The van der Waals surface area contributed by atoms with Crippen molar-refractivity contribution < 1.29 is 19.0 Å². The van der Waals surface area contributed by atoms with Gasteiger partial charge in [-0.3, -0.25) is 0 Å². The summed E-state index contributed by atoms with van der Waals surface area (Å²) in [5, 5.41) is 13.5. The molecule has 2 N–H and O–H groups in total. The average molecular weight is 434 g/mol. The molecule has 0 unspecified atom stereocenters. The first-order valence-electron chi connectivity index (χ1n) is 9.83. The lowest BCUT2D eigenvalue weighted by Gasteiger charge is -2.28. The van der Waals surface area contributed by atoms with E-state index in [0.717, 1.165) is 5.82 Å². The lowest BCUT2D eigenvalue weighted by molar-refractivity contribution is -0.0136. The number of hydrogen-bond donors (Lipinski definition) is 2. The largest absolute Gasteiger partial charge is 0.488 e. The third kappa shape index (κ3) is 3.08. The van der Waals surface area contributed by atoms with Crippen molar-refractivity contribution in [3.63, 3.8) is 0 Å². The highest BCUT2D eigenvalue weighted by atomic mass is 35.5. The van der Waals surface area contributed by atoms with E-state index in [1.54, 1.807) is 0 Å². The Hall–Kier alpha value is -2.49. The first-order chi connectivity index (χ1) is 14.4. The minimum absolute atomic E-state index is 0.0326. The minimum atomic E-state index is -0.668. The van der Waals surface area contributed by atoms with Crippen LogP contribution in [-0.2, 0) is 4.74 Å². The Morgan fingerprint density at radius 2 is 2.17 bits per heavy atom. The second-order valence-corrected chi connectivity index (χ2v) is 8.10. The highest BCUT2D eigenvalue weighted by molar-refractivity contribution is 6.33. The van der Waals surface area contributed by atoms with Crippen molar-refractivity contribution in [1.82, 2.24) is 19.5 Å². The summed E-state index contributed by atoms with van der Waals surface area (Å²) in [5.74, 6) is 1.06. The molecule has 1 fully saturated rings. The van der Waals surface area contributed by atoms with E-state index >= 15 is 0 Å². The maximum atomic E-state index is 15.0. The molecule has 0 radical (unpaired) electrons. The smallest absolute Gasteiger partial charge is 0.223 e. The first kappa shape index (κ1) is 19.5. The fraction of sp³-hybridized carbons (Fsp3) is 0.450. The Morgan fingerprint density at radius 1 is 1.33 bits per heavy atom. The molecule has 1 aromatic carbocycles. The molecule has 158 valence electrons. The molecule has 0 amide bonds. The van der Waals surface area contributed by atoms with Crippen LogP contribution in [0, 0.1) is 12.7 Å². The Labute approximate surface area is 177 Å². The van der Waals surface area contributed by atoms with Crippen LogP contribution in [0.3, 0.4) is 0 Å². The lowest BCUT2D eigenvalue weighted by Crippen LogP contribution is -2.42. The molecule has 3 atom stereocenters. The van der Waals surface area contributed by atoms with Gasteiger partial charge in [0.15, 0.2) is 11.6 Å². The Kier molecular flexibility index (Phi) is 4.76. The van der Waals surface area contributed by atoms with Crippen molar-refractivity contribution in [3.05, 3.63) is 28.9 Å². The van der Waals surface area contributed by atoms with Gasteiger partial charge in [-0.05, 0) is 26.3 Å². The molecule has 3 aromatic rings. The fourth-order valence-corrected chi connectivity index (χ4v) is 4.33. The number of aromatic nitrogens is 4. The van der Waals surface area contributed by atoms with Gasteiger partial charge in [0, 0.05) is 12.2 Å². The molecule has 1 saturated heterocycles. The molecular formula is C20H21ClFN5O3. The predicted molar refractivity (Wildman–Crippen MR) is 110 cm³/mol. The van der Waals surface area contributed by atoms with Crippen molar-refractivity contribution in [1.29, 1.82) is 0 Å². The van der Waals surface area contributed by atoms with E-state index < -0.39 is 11.9 Å². The second-order valence-electron chi connectivity index (χ2n) is 7.69. The van der Waals surface area contributed by atoms with E-state index in [1.165, 1.54) is 12.3 Å². The number of nitrogens with one attached hydrogen (secondary N) is 1. The zero-order valence-corrected chi connectivity index (χ0v) is 17.3. The highest BCUT2D eigenvalue weighted by Gasteiger charge is 2.30. The number of anilines is 1. The number of hydrogen-bond acceptors (Lipinski definition) is 7. The molecule has 10 heteroatoms. The third-order valence-corrected chi connectivity index (χ3v) is 5.87. The van der Waals surface area contributed by atoms with Crippen molar-refractivity contribution in [2.24, 2.45) is 0 Å². The van der Waals surface area contributed by atoms with E-state index in [2.05, 4.69) is 20.3 Å². The summed E-state index contributed by atoms with van der Waals surface area (Å²) in [6, 6.07) is 1.14. The van der Waals surface area contributed by atoms with Crippen molar-refractivity contribution >= 4 is 28.6 Å². The molecule has 0 saturated carbocycles. The number of aryl methyl sites for hydroxylation is 1. The molecular weight excluding hydrogens is 413 g/mol. The molecule has 2 aliphatic rings. The maximum Gasteiger partial charge on any atom is 0.223 e. The van der Waals surface area contributed by atoms with Crippen LogP contribution in [-0.4, -0.2) is 56.6 Å². The normalized spacial score (nSPS) is 23.4. The van der Waals surface area contributed by atoms with Crippen LogP contribution in [0.2, 0.25) is 5.02 Å². The zero-order valence-electron chi connectivity index (χ0n) is 16.5. The van der Waals surface area contributed by atoms with Crippen LogP contribution in [0.15, 0.2) is 12.3 Å². The number of aliphatic hydroxyl groups excluding tert-OH is 1. The quantitative estimate of drug-likeness (QED) is 0.655. The maximum absolute atomic E-state index is 15.0. The third-order valence-electron chi connectivity index (χ3n) is 5.59. The van der Waals surface area contributed by atoms with Gasteiger partial charge in [0.2, 0.25) is 5.95 Å². The van der Waals surface area contributed by atoms with Gasteiger partial charge in [0.25, 0.3) is 0 Å². The van der Waals surface area contributed by atoms with Crippen LogP contribution in [0.1, 0.15) is 25.2 Å². The number of rotatable bonds is 3. The average Bonchev–Trinajstić information content (AvgIpc) is 3.08. The molecule has 5 rings (SSSR count).